The highest BCUT2D eigenvalue weighted by molar-refractivity contribution is 7.71. The fraction of sp³-hybridized carbons (Fsp3) is 0.176. The average molecular weight is 416 g/mol. The number of H-pyrrole nitrogens is 1. The molecule has 0 aliphatic carbocycles. The molecule has 0 aliphatic rings. The zero-order valence-corrected chi connectivity index (χ0v) is 16.7. The zero-order chi connectivity index (χ0) is 20.4. The predicted octanol–water partition coefficient (Wildman–Crippen LogP) is 4.03. The Labute approximate surface area is 168 Å². The molecule has 1 amide bonds. The molecule has 0 fully saturated rings. The lowest BCUT2D eigenvalue weighted by Gasteiger charge is -2.03. The summed E-state index contributed by atoms with van der Waals surface area (Å²) in [5.41, 5.74) is 1.23. The van der Waals surface area contributed by atoms with E-state index in [0.29, 0.717) is 33.5 Å². The van der Waals surface area contributed by atoms with Gasteiger partial charge in [-0.3, -0.25) is 29.9 Å². The first kappa shape index (κ1) is 19.6. The SMILES string of the molecule is C=CCn1c(-c2sc(NC(=O)c3ccc(C)c([N+](=O)[O-])c3)nc2C)n[nH]c1=S. The minimum Gasteiger partial charge on any atom is -0.298 e. The molecule has 144 valence electrons. The average Bonchev–Trinajstić information content (AvgIpc) is 3.18. The van der Waals surface area contributed by atoms with E-state index in [4.69, 9.17) is 12.2 Å². The molecular formula is C17H16N6O3S2. The van der Waals surface area contributed by atoms with Crippen LogP contribution >= 0.6 is 23.6 Å². The van der Waals surface area contributed by atoms with Gasteiger partial charge < -0.3 is 0 Å². The quantitative estimate of drug-likeness (QED) is 0.271. The number of amides is 1. The number of thiazole rings is 1. The van der Waals surface area contributed by atoms with E-state index >= 15 is 0 Å². The van der Waals surface area contributed by atoms with Gasteiger partial charge in [0, 0.05) is 23.7 Å². The van der Waals surface area contributed by atoms with Gasteiger partial charge in [0.05, 0.1) is 15.5 Å². The Kier molecular flexibility index (Phi) is 5.47. The van der Waals surface area contributed by atoms with Crippen molar-refractivity contribution in [2.24, 2.45) is 0 Å². The van der Waals surface area contributed by atoms with Crippen LogP contribution in [0, 0.1) is 28.7 Å². The maximum absolute atomic E-state index is 12.5. The van der Waals surface area contributed by atoms with Gasteiger partial charge in [0.1, 0.15) is 0 Å². The highest BCUT2D eigenvalue weighted by atomic mass is 32.1. The first-order valence-corrected chi connectivity index (χ1v) is 9.34. The largest absolute Gasteiger partial charge is 0.298 e. The van der Waals surface area contributed by atoms with Crippen molar-refractivity contribution >= 4 is 40.3 Å². The number of benzene rings is 1. The molecule has 9 nitrogen and oxygen atoms in total. The lowest BCUT2D eigenvalue weighted by Crippen LogP contribution is -2.12. The number of nitro groups is 1. The van der Waals surface area contributed by atoms with Crippen LogP contribution in [0.25, 0.3) is 10.7 Å². The van der Waals surface area contributed by atoms with Gasteiger partial charge in [0.25, 0.3) is 11.6 Å². The number of hydrogen-bond acceptors (Lipinski definition) is 7. The van der Waals surface area contributed by atoms with Crippen LogP contribution in [-0.4, -0.2) is 30.6 Å². The molecule has 0 unspecified atom stereocenters. The number of nitrogens with one attached hydrogen (secondary N) is 2. The Bertz CT molecular complexity index is 1140. The van der Waals surface area contributed by atoms with Crippen LogP contribution < -0.4 is 5.32 Å². The van der Waals surface area contributed by atoms with Crippen LogP contribution in [0.15, 0.2) is 30.9 Å². The summed E-state index contributed by atoms with van der Waals surface area (Å²) in [7, 11) is 0. The summed E-state index contributed by atoms with van der Waals surface area (Å²) < 4.78 is 2.23. The highest BCUT2D eigenvalue weighted by Gasteiger charge is 2.19. The van der Waals surface area contributed by atoms with Crippen molar-refractivity contribution in [2.45, 2.75) is 20.4 Å². The number of nitrogens with zero attached hydrogens (tertiary/aromatic N) is 4. The molecule has 0 saturated heterocycles. The molecule has 2 heterocycles. The van der Waals surface area contributed by atoms with E-state index in [1.807, 2.05) is 0 Å². The molecule has 0 aliphatic heterocycles. The molecule has 2 aromatic heterocycles. The number of hydrogen-bond donors (Lipinski definition) is 2. The minimum atomic E-state index is -0.514. The van der Waals surface area contributed by atoms with E-state index in [1.54, 1.807) is 30.6 Å². The first-order chi connectivity index (χ1) is 13.3. The van der Waals surface area contributed by atoms with Crippen LogP contribution in [0.3, 0.4) is 0 Å². The van der Waals surface area contributed by atoms with Crippen molar-refractivity contribution in [3.63, 3.8) is 0 Å². The number of anilines is 1. The van der Waals surface area contributed by atoms with Crippen LogP contribution in [0.1, 0.15) is 21.6 Å². The van der Waals surface area contributed by atoms with Gasteiger partial charge in [0.15, 0.2) is 15.7 Å². The van der Waals surface area contributed by atoms with Gasteiger partial charge in [0.2, 0.25) is 0 Å². The molecule has 1 aromatic carbocycles. The Morgan fingerprint density at radius 3 is 2.93 bits per heavy atom. The van der Waals surface area contributed by atoms with Crippen LogP contribution in [0.2, 0.25) is 0 Å². The Morgan fingerprint density at radius 1 is 1.50 bits per heavy atom. The molecule has 0 saturated carbocycles. The van der Waals surface area contributed by atoms with Crippen molar-refractivity contribution < 1.29 is 9.72 Å². The van der Waals surface area contributed by atoms with E-state index in [1.165, 1.54) is 23.5 Å². The number of aromatic nitrogens is 4. The summed E-state index contributed by atoms with van der Waals surface area (Å²) in [6.07, 6.45) is 1.71. The second-order valence-electron chi connectivity index (χ2n) is 5.90. The molecule has 2 N–H and O–H groups in total. The van der Waals surface area contributed by atoms with E-state index in [9.17, 15) is 14.9 Å². The number of aromatic amines is 1. The topological polar surface area (TPSA) is 119 Å². The summed E-state index contributed by atoms with van der Waals surface area (Å²) in [5, 5.41) is 21.1. The van der Waals surface area contributed by atoms with Gasteiger partial charge in [-0.2, -0.15) is 5.10 Å². The third-order valence-corrected chi connectivity index (χ3v) is 5.34. The summed E-state index contributed by atoms with van der Waals surface area (Å²) in [5.74, 6) is 0.125. The van der Waals surface area contributed by atoms with Gasteiger partial charge in [-0.1, -0.05) is 23.5 Å². The fourth-order valence-electron chi connectivity index (χ4n) is 2.56. The third kappa shape index (κ3) is 3.75. The normalized spacial score (nSPS) is 10.6. The number of allylic oxidation sites excluding steroid dienone is 1. The highest BCUT2D eigenvalue weighted by Crippen LogP contribution is 2.32. The summed E-state index contributed by atoms with van der Waals surface area (Å²) in [6.45, 7) is 7.61. The van der Waals surface area contributed by atoms with Crippen LogP contribution in [-0.2, 0) is 6.54 Å². The van der Waals surface area contributed by atoms with Crippen LogP contribution in [0.5, 0.6) is 0 Å². The van der Waals surface area contributed by atoms with Crippen LogP contribution in [0.4, 0.5) is 10.8 Å². The first-order valence-electron chi connectivity index (χ1n) is 8.12. The lowest BCUT2D eigenvalue weighted by atomic mass is 10.1. The molecule has 0 radical (unpaired) electrons. The third-order valence-electron chi connectivity index (χ3n) is 3.96. The predicted molar refractivity (Wildman–Crippen MR) is 109 cm³/mol. The number of carbonyl (C=O) groups excluding carboxylic acids is 1. The number of aryl methyl sites for hydroxylation is 2. The fourth-order valence-corrected chi connectivity index (χ4v) is 3.73. The Hall–Kier alpha value is -3.18. The molecule has 11 heteroatoms. The van der Waals surface area contributed by atoms with E-state index in [2.05, 4.69) is 27.1 Å². The van der Waals surface area contributed by atoms with Crippen molar-refractivity contribution in [1.29, 1.82) is 0 Å². The molecule has 3 aromatic rings. The minimum absolute atomic E-state index is 0.108. The molecule has 0 atom stereocenters. The Balaban J connectivity index is 1.89. The van der Waals surface area contributed by atoms with Gasteiger partial charge in [-0.25, -0.2) is 4.98 Å². The van der Waals surface area contributed by atoms with E-state index in [0.717, 1.165) is 4.88 Å². The number of carbonyl (C=O) groups is 1. The Morgan fingerprint density at radius 2 is 2.25 bits per heavy atom. The zero-order valence-electron chi connectivity index (χ0n) is 15.1. The van der Waals surface area contributed by atoms with Crippen molar-refractivity contribution in [3.05, 3.63) is 62.6 Å². The summed E-state index contributed by atoms with van der Waals surface area (Å²) in [6, 6.07) is 4.33. The maximum atomic E-state index is 12.5. The smallest absolute Gasteiger partial charge is 0.273 e. The molecule has 0 spiro atoms. The summed E-state index contributed by atoms with van der Waals surface area (Å²) in [4.78, 5) is 28.2. The van der Waals surface area contributed by atoms with Gasteiger partial charge in [-0.15, -0.1) is 6.58 Å². The molecule has 3 rings (SSSR count). The lowest BCUT2D eigenvalue weighted by molar-refractivity contribution is -0.385. The van der Waals surface area contributed by atoms with E-state index < -0.39 is 10.8 Å². The molecular weight excluding hydrogens is 400 g/mol. The monoisotopic (exact) mass is 416 g/mol. The van der Waals surface area contributed by atoms with E-state index in [-0.39, 0.29) is 11.3 Å². The van der Waals surface area contributed by atoms with Crippen molar-refractivity contribution in [1.82, 2.24) is 19.7 Å². The number of rotatable bonds is 6. The van der Waals surface area contributed by atoms with Crippen molar-refractivity contribution in [2.75, 3.05) is 5.32 Å². The molecule has 28 heavy (non-hydrogen) atoms. The van der Waals surface area contributed by atoms with Gasteiger partial charge >= 0.3 is 0 Å². The number of nitro benzene ring substituents is 1. The van der Waals surface area contributed by atoms with Crippen molar-refractivity contribution in [3.8, 4) is 10.7 Å². The van der Waals surface area contributed by atoms with Gasteiger partial charge in [-0.05, 0) is 32.1 Å². The molecule has 0 bridgehead atoms. The summed E-state index contributed by atoms with van der Waals surface area (Å²) >= 11 is 6.46. The maximum Gasteiger partial charge on any atom is 0.273 e. The standard InChI is InChI=1S/C17H16N6O3S2/c1-4-7-22-14(20-21-17(22)27)13-10(3)18-16(28-13)19-15(24)11-6-5-9(2)12(8-11)23(25)26/h4-6,8H,1,7H2,2-3H3,(H,21,27)(H,18,19,24). The second-order valence-corrected chi connectivity index (χ2v) is 7.28. The second kappa shape index (κ2) is 7.82.